The second kappa shape index (κ2) is 12.0. The van der Waals surface area contributed by atoms with Crippen LogP contribution >= 0.6 is 11.6 Å². The summed E-state index contributed by atoms with van der Waals surface area (Å²) >= 11 is 6.11. The lowest BCUT2D eigenvalue weighted by molar-refractivity contribution is 0.0122. The number of hydrogen-bond acceptors (Lipinski definition) is 9. The smallest absolute Gasteiger partial charge is 0.410 e. The number of aromatic nitrogens is 3. The third-order valence-electron chi connectivity index (χ3n) is 10.6. The fourth-order valence-electron chi connectivity index (χ4n) is 7.23. The van der Waals surface area contributed by atoms with Gasteiger partial charge < -0.3 is 18.8 Å². The first-order valence-electron chi connectivity index (χ1n) is 17.6. The largest absolute Gasteiger partial charge is 0.461 e. The highest BCUT2D eigenvalue weighted by Gasteiger charge is 2.51. The lowest BCUT2D eigenvalue weighted by atomic mass is 9.95. The number of carbonyl (C=O) groups excluding carboxylic acids is 1. The summed E-state index contributed by atoms with van der Waals surface area (Å²) in [5.74, 6) is -0.439. The lowest BCUT2D eigenvalue weighted by Crippen LogP contribution is -2.57. The van der Waals surface area contributed by atoms with Crippen molar-refractivity contribution in [2.45, 2.75) is 127 Å². The zero-order chi connectivity index (χ0) is 35.0. The van der Waals surface area contributed by atoms with Gasteiger partial charge in [-0.15, -0.1) is 0 Å². The van der Waals surface area contributed by atoms with E-state index < -0.39 is 31.8 Å². The zero-order valence-corrected chi connectivity index (χ0v) is 30.2. The van der Waals surface area contributed by atoms with Gasteiger partial charge in [-0.05, 0) is 84.0 Å². The van der Waals surface area contributed by atoms with E-state index in [4.69, 9.17) is 30.5 Å². The van der Waals surface area contributed by atoms with E-state index in [0.717, 1.165) is 32.2 Å². The standard InChI is InChI=1S/C33H50ClFN6O4Si/c1-31(2,3)45-30(42)41-21-10-11-22(41)18-39(17-21)28-24-16-36-27(34)25(35)26(24)37-29(38-28)43-20-33-13-9-15-40(33)23(12-14-33)19-44-46(7,8)32(4,5)6/h16,21-23H,9-15,17-20H2,1-8H3/t21-,22+,23?,33?/i20D2. The molecule has 4 fully saturated rings. The Morgan fingerprint density at radius 1 is 1.13 bits per heavy atom. The van der Waals surface area contributed by atoms with Gasteiger partial charge in [-0.1, -0.05) is 32.4 Å². The second-order valence-electron chi connectivity index (χ2n) is 15.9. The second-order valence-corrected chi connectivity index (χ2v) is 21.1. The van der Waals surface area contributed by atoms with Crippen LogP contribution < -0.4 is 9.64 Å². The number of pyridine rings is 1. The molecule has 1 amide bonds. The Hall–Kier alpha value is -2.28. The molecule has 2 aromatic heterocycles. The molecule has 2 bridgehead atoms. The van der Waals surface area contributed by atoms with Crippen LogP contribution in [0, 0.1) is 5.82 Å². The van der Waals surface area contributed by atoms with Gasteiger partial charge in [0.1, 0.15) is 23.5 Å². The number of anilines is 1. The normalized spacial score (nSPS) is 28.0. The molecule has 2 aromatic rings. The van der Waals surface area contributed by atoms with Crippen LogP contribution in [0.3, 0.4) is 0 Å². The van der Waals surface area contributed by atoms with Gasteiger partial charge in [-0.2, -0.15) is 9.97 Å². The molecule has 0 N–H and O–H groups in total. The minimum absolute atomic E-state index is 0.0755. The zero-order valence-electron chi connectivity index (χ0n) is 30.5. The van der Waals surface area contributed by atoms with Crippen LogP contribution in [0.4, 0.5) is 15.0 Å². The summed E-state index contributed by atoms with van der Waals surface area (Å²) in [5, 5.41) is 0.0859. The van der Waals surface area contributed by atoms with Gasteiger partial charge in [-0.3, -0.25) is 9.80 Å². The quantitative estimate of drug-likeness (QED) is 0.231. The molecule has 0 aliphatic carbocycles. The van der Waals surface area contributed by atoms with E-state index in [2.05, 4.69) is 48.7 Å². The molecule has 46 heavy (non-hydrogen) atoms. The fraction of sp³-hybridized carbons (Fsp3) is 0.758. The Bertz CT molecular complexity index is 1560. The highest BCUT2D eigenvalue weighted by molar-refractivity contribution is 6.74. The van der Waals surface area contributed by atoms with Crippen molar-refractivity contribution in [1.29, 1.82) is 0 Å². The maximum absolute atomic E-state index is 15.5. The predicted molar refractivity (Wildman–Crippen MR) is 180 cm³/mol. The van der Waals surface area contributed by atoms with E-state index in [1.165, 1.54) is 6.20 Å². The Morgan fingerprint density at radius 3 is 2.48 bits per heavy atom. The van der Waals surface area contributed by atoms with Crippen molar-refractivity contribution in [2.24, 2.45) is 0 Å². The van der Waals surface area contributed by atoms with Crippen molar-refractivity contribution in [3.05, 3.63) is 17.2 Å². The van der Waals surface area contributed by atoms with Gasteiger partial charge in [0.25, 0.3) is 0 Å². The molecule has 2 unspecified atom stereocenters. The van der Waals surface area contributed by atoms with Gasteiger partial charge in [0.2, 0.25) is 0 Å². The molecule has 4 aliphatic heterocycles. The van der Waals surface area contributed by atoms with Crippen LogP contribution in [0.5, 0.6) is 6.01 Å². The van der Waals surface area contributed by atoms with Crippen LogP contribution in [-0.4, -0.2) is 101 Å². The molecule has 4 saturated heterocycles. The summed E-state index contributed by atoms with van der Waals surface area (Å²) < 4.78 is 52.7. The molecule has 0 aromatic carbocycles. The molecule has 0 radical (unpaired) electrons. The molecule has 6 rings (SSSR count). The molecular weight excluding hydrogens is 627 g/mol. The minimum atomic E-state index is -2.18. The molecule has 254 valence electrons. The molecule has 6 heterocycles. The average Bonchev–Trinajstić information content (AvgIpc) is 3.63. The first-order valence-corrected chi connectivity index (χ1v) is 19.9. The first kappa shape index (κ1) is 31.0. The monoisotopic (exact) mass is 678 g/mol. The summed E-state index contributed by atoms with van der Waals surface area (Å²) in [6.45, 7) is 16.7. The van der Waals surface area contributed by atoms with Crippen molar-refractivity contribution in [2.75, 3.05) is 37.7 Å². The maximum atomic E-state index is 15.5. The third-order valence-corrected chi connectivity index (χ3v) is 15.4. The third kappa shape index (κ3) is 6.31. The Labute approximate surface area is 281 Å². The summed E-state index contributed by atoms with van der Waals surface area (Å²) in [6, 6.07) is -0.431. The van der Waals surface area contributed by atoms with E-state index in [9.17, 15) is 7.54 Å². The molecule has 0 spiro atoms. The number of nitrogens with zero attached hydrogens (tertiary/aromatic N) is 6. The van der Waals surface area contributed by atoms with Crippen LogP contribution in [-0.2, 0) is 9.16 Å². The number of carbonyl (C=O) groups is 1. The van der Waals surface area contributed by atoms with Crippen molar-refractivity contribution < 1.29 is 25.8 Å². The fourth-order valence-corrected chi connectivity index (χ4v) is 8.41. The van der Waals surface area contributed by atoms with E-state index in [0.29, 0.717) is 43.7 Å². The SMILES string of the molecule is [2H]C([2H])(Oc1nc(N2C[C@H]3CC[C@@H](C2)N3C(=O)OC(C)(C)C)c2cnc(Cl)c(F)c2n1)C12CCCN1C(CO[Si](C)(C)C(C)(C)C)CC2. The molecule has 4 atom stereocenters. The number of fused-ring (bicyclic) bond motifs is 4. The van der Waals surface area contributed by atoms with E-state index in [1.54, 1.807) is 0 Å². The van der Waals surface area contributed by atoms with E-state index in [-0.39, 0.29) is 45.9 Å². The Kier molecular flexibility index (Phi) is 8.09. The summed E-state index contributed by atoms with van der Waals surface area (Å²) in [7, 11) is -1.99. The van der Waals surface area contributed by atoms with Crippen LogP contribution in [0.1, 0.15) is 82.8 Å². The van der Waals surface area contributed by atoms with Crippen molar-refractivity contribution in [3.8, 4) is 6.01 Å². The number of ether oxygens (including phenoxy) is 2. The summed E-state index contributed by atoms with van der Waals surface area (Å²) in [5.41, 5.74) is -1.59. The summed E-state index contributed by atoms with van der Waals surface area (Å²) in [4.78, 5) is 32.3. The van der Waals surface area contributed by atoms with Gasteiger partial charge in [0.15, 0.2) is 19.3 Å². The molecule has 4 aliphatic rings. The topological polar surface area (TPSA) is 93.2 Å². The lowest BCUT2D eigenvalue weighted by Gasteiger charge is -2.42. The van der Waals surface area contributed by atoms with E-state index in [1.807, 2.05) is 30.6 Å². The minimum Gasteiger partial charge on any atom is -0.461 e. The first-order chi connectivity index (χ1) is 22.2. The predicted octanol–water partition coefficient (Wildman–Crippen LogP) is 6.80. The average molecular weight is 679 g/mol. The maximum Gasteiger partial charge on any atom is 0.410 e. The van der Waals surface area contributed by atoms with Crippen molar-refractivity contribution in [3.63, 3.8) is 0 Å². The Balaban J connectivity index is 1.28. The van der Waals surface area contributed by atoms with Crippen LogP contribution in [0.15, 0.2) is 6.20 Å². The summed E-state index contributed by atoms with van der Waals surface area (Å²) in [6.07, 6.45) is 5.55. The van der Waals surface area contributed by atoms with Crippen LogP contribution in [0.25, 0.3) is 10.9 Å². The van der Waals surface area contributed by atoms with Gasteiger partial charge in [0, 0.05) is 31.9 Å². The molecule has 10 nitrogen and oxygen atoms in total. The Morgan fingerprint density at radius 2 is 1.83 bits per heavy atom. The highest BCUT2D eigenvalue weighted by Crippen LogP contribution is 2.44. The van der Waals surface area contributed by atoms with Gasteiger partial charge in [0.05, 0.1) is 25.8 Å². The number of halogens is 2. The van der Waals surface area contributed by atoms with Gasteiger partial charge >= 0.3 is 12.1 Å². The molecule has 13 heteroatoms. The number of piperazine rings is 1. The van der Waals surface area contributed by atoms with Crippen LogP contribution in [0.2, 0.25) is 23.3 Å². The van der Waals surface area contributed by atoms with E-state index >= 15 is 4.39 Å². The highest BCUT2D eigenvalue weighted by atomic mass is 35.5. The van der Waals surface area contributed by atoms with Crippen molar-refractivity contribution in [1.82, 2.24) is 24.8 Å². The molecular formula is C33H50ClFN6O4Si. The van der Waals surface area contributed by atoms with Gasteiger partial charge in [-0.25, -0.2) is 14.2 Å². The molecule has 0 saturated carbocycles. The van der Waals surface area contributed by atoms with Crippen molar-refractivity contribution >= 4 is 42.7 Å². The number of hydrogen-bond donors (Lipinski definition) is 0. The number of amides is 1. The number of rotatable bonds is 7.